The van der Waals surface area contributed by atoms with Crippen LogP contribution in [-0.2, 0) is 4.79 Å². The van der Waals surface area contributed by atoms with Gasteiger partial charge in [0.1, 0.15) is 11.5 Å². The number of aryl methyl sites for hydroxylation is 2. The Labute approximate surface area is 108 Å². The number of aliphatic hydroxyl groups excluding tert-OH is 1. The average molecular weight is 253 g/mol. The Morgan fingerprint density at radius 2 is 2.06 bits per heavy atom. The summed E-state index contributed by atoms with van der Waals surface area (Å²) in [5.74, 6) is 1.42. The monoisotopic (exact) mass is 253 g/mol. The largest absolute Gasteiger partial charge is 0.466 e. The molecule has 1 heterocycles. The highest BCUT2D eigenvalue weighted by Crippen LogP contribution is 2.21. The van der Waals surface area contributed by atoms with E-state index in [1.807, 2.05) is 34.6 Å². The zero-order chi connectivity index (χ0) is 13.9. The van der Waals surface area contributed by atoms with E-state index < -0.39 is 6.10 Å². The Hall–Kier alpha value is -1.29. The van der Waals surface area contributed by atoms with Gasteiger partial charge >= 0.3 is 0 Å². The number of nitrogens with one attached hydrogen (secondary N) is 1. The maximum atomic E-state index is 11.6. The van der Waals surface area contributed by atoms with Gasteiger partial charge in [-0.2, -0.15) is 0 Å². The first-order valence-corrected chi connectivity index (χ1v) is 6.21. The predicted octanol–water partition coefficient (Wildman–Crippen LogP) is 2.48. The van der Waals surface area contributed by atoms with Gasteiger partial charge < -0.3 is 14.8 Å². The van der Waals surface area contributed by atoms with Crippen LogP contribution in [-0.4, -0.2) is 17.6 Å². The van der Waals surface area contributed by atoms with Crippen molar-refractivity contribution in [3.63, 3.8) is 0 Å². The lowest BCUT2D eigenvalue weighted by molar-refractivity contribution is -0.123. The predicted molar refractivity (Wildman–Crippen MR) is 70.2 cm³/mol. The summed E-state index contributed by atoms with van der Waals surface area (Å²) in [6.07, 6.45) is -0.269. The van der Waals surface area contributed by atoms with Crippen LogP contribution in [0, 0.1) is 19.3 Å². The van der Waals surface area contributed by atoms with Crippen molar-refractivity contribution >= 4 is 5.91 Å². The number of furan rings is 1. The molecule has 1 aromatic heterocycles. The van der Waals surface area contributed by atoms with Gasteiger partial charge in [-0.15, -0.1) is 0 Å². The van der Waals surface area contributed by atoms with E-state index in [2.05, 4.69) is 5.32 Å². The van der Waals surface area contributed by atoms with E-state index in [1.54, 1.807) is 6.07 Å². The number of rotatable bonds is 4. The van der Waals surface area contributed by atoms with Gasteiger partial charge in [-0.1, -0.05) is 20.8 Å². The fourth-order valence-electron chi connectivity index (χ4n) is 1.85. The number of hydrogen-bond acceptors (Lipinski definition) is 3. The fraction of sp³-hybridized carbons (Fsp3) is 0.643. The first-order valence-electron chi connectivity index (χ1n) is 6.21. The van der Waals surface area contributed by atoms with Gasteiger partial charge in [0, 0.05) is 18.5 Å². The third-order valence-electron chi connectivity index (χ3n) is 2.62. The zero-order valence-electron chi connectivity index (χ0n) is 11.8. The summed E-state index contributed by atoms with van der Waals surface area (Å²) in [5, 5.41) is 12.7. The molecule has 0 aliphatic carbocycles. The summed E-state index contributed by atoms with van der Waals surface area (Å²) in [5.41, 5.74) is 0.695. The fourth-order valence-corrected chi connectivity index (χ4v) is 1.85. The van der Waals surface area contributed by atoms with E-state index in [1.165, 1.54) is 0 Å². The lowest BCUT2D eigenvalue weighted by atomic mass is 9.92. The Balaban J connectivity index is 2.49. The lowest BCUT2D eigenvalue weighted by Gasteiger charge is -2.18. The Kier molecular flexibility index (Phi) is 4.57. The summed E-state index contributed by atoms with van der Waals surface area (Å²) in [6, 6.07) is 1.80. The quantitative estimate of drug-likeness (QED) is 0.866. The van der Waals surface area contributed by atoms with Crippen molar-refractivity contribution in [3.8, 4) is 0 Å². The molecule has 0 aliphatic rings. The van der Waals surface area contributed by atoms with Gasteiger partial charge in [0.15, 0.2) is 0 Å². The van der Waals surface area contributed by atoms with Crippen LogP contribution in [0.25, 0.3) is 0 Å². The van der Waals surface area contributed by atoms with Gasteiger partial charge in [0.25, 0.3) is 0 Å². The highest BCUT2D eigenvalue weighted by atomic mass is 16.3. The van der Waals surface area contributed by atoms with Crippen molar-refractivity contribution in [1.29, 1.82) is 0 Å². The highest BCUT2D eigenvalue weighted by Gasteiger charge is 2.18. The molecule has 0 aromatic carbocycles. The van der Waals surface area contributed by atoms with Crippen molar-refractivity contribution in [3.05, 3.63) is 23.2 Å². The van der Waals surface area contributed by atoms with Crippen molar-refractivity contribution < 1.29 is 14.3 Å². The molecule has 1 unspecified atom stereocenters. The van der Waals surface area contributed by atoms with Gasteiger partial charge in [-0.3, -0.25) is 4.79 Å². The van der Waals surface area contributed by atoms with E-state index in [0.29, 0.717) is 12.2 Å². The Morgan fingerprint density at radius 1 is 1.44 bits per heavy atom. The molecule has 0 bridgehead atoms. The van der Waals surface area contributed by atoms with Gasteiger partial charge in [-0.05, 0) is 25.3 Å². The molecule has 0 fully saturated rings. The number of carbonyl (C=O) groups is 1. The molecule has 1 atom stereocenters. The summed E-state index contributed by atoms with van der Waals surface area (Å²) in [4.78, 5) is 11.6. The molecule has 0 aliphatic heterocycles. The summed E-state index contributed by atoms with van der Waals surface area (Å²) in [7, 11) is 0. The van der Waals surface area contributed by atoms with E-state index in [4.69, 9.17) is 4.42 Å². The number of hydrogen-bond donors (Lipinski definition) is 2. The Morgan fingerprint density at radius 3 is 2.50 bits per heavy atom. The van der Waals surface area contributed by atoms with Crippen LogP contribution in [0.4, 0.5) is 0 Å². The normalized spacial score (nSPS) is 13.4. The van der Waals surface area contributed by atoms with Crippen molar-refractivity contribution in [2.24, 2.45) is 5.41 Å². The van der Waals surface area contributed by atoms with Crippen molar-refractivity contribution in [2.45, 2.75) is 47.1 Å². The number of amides is 1. The Bertz CT molecular complexity index is 415. The minimum atomic E-state index is -0.716. The maximum Gasteiger partial charge on any atom is 0.220 e. The number of aliphatic hydroxyl groups is 1. The molecule has 4 nitrogen and oxygen atoms in total. The van der Waals surface area contributed by atoms with Crippen LogP contribution in [0.1, 0.15) is 50.4 Å². The molecular formula is C14H23NO3. The molecule has 1 amide bonds. The second-order valence-electron chi connectivity index (χ2n) is 5.93. The molecule has 0 saturated carbocycles. The minimum Gasteiger partial charge on any atom is -0.466 e. The third kappa shape index (κ3) is 4.53. The van der Waals surface area contributed by atoms with Crippen LogP contribution in [0.5, 0.6) is 0 Å². The molecular weight excluding hydrogens is 230 g/mol. The number of carbonyl (C=O) groups excluding carboxylic acids is 1. The first kappa shape index (κ1) is 14.8. The topological polar surface area (TPSA) is 62.5 Å². The minimum absolute atomic E-state index is 0.0422. The van der Waals surface area contributed by atoms with Crippen LogP contribution < -0.4 is 5.32 Å². The van der Waals surface area contributed by atoms with E-state index in [9.17, 15) is 9.90 Å². The lowest BCUT2D eigenvalue weighted by Crippen LogP contribution is -2.31. The zero-order valence-corrected chi connectivity index (χ0v) is 11.8. The van der Waals surface area contributed by atoms with Crippen LogP contribution in [0.2, 0.25) is 0 Å². The second kappa shape index (κ2) is 5.57. The third-order valence-corrected chi connectivity index (χ3v) is 2.62. The average Bonchev–Trinajstić information content (AvgIpc) is 2.52. The van der Waals surface area contributed by atoms with Gasteiger partial charge in [0.05, 0.1) is 6.10 Å². The molecule has 1 aromatic rings. The highest BCUT2D eigenvalue weighted by molar-refractivity contribution is 5.76. The summed E-state index contributed by atoms with van der Waals surface area (Å²) < 4.78 is 5.35. The van der Waals surface area contributed by atoms with Gasteiger partial charge in [0.2, 0.25) is 5.91 Å². The molecule has 18 heavy (non-hydrogen) atoms. The molecule has 1 rings (SSSR count). The SMILES string of the molecule is Cc1cc(C(O)CNC(=O)CC(C)(C)C)c(C)o1. The second-order valence-corrected chi connectivity index (χ2v) is 5.93. The summed E-state index contributed by atoms with van der Waals surface area (Å²) in [6.45, 7) is 9.88. The molecule has 0 spiro atoms. The smallest absolute Gasteiger partial charge is 0.220 e. The van der Waals surface area contributed by atoms with Gasteiger partial charge in [-0.25, -0.2) is 0 Å². The molecule has 4 heteroatoms. The van der Waals surface area contributed by atoms with E-state index in [-0.39, 0.29) is 17.9 Å². The van der Waals surface area contributed by atoms with Crippen molar-refractivity contribution in [2.75, 3.05) is 6.54 Å². The molecule has 2 N–H and O–H groups in total. The standard InChI is InChI=1S/C14H23NO3/c1-9-6-11(10(2)18-9)12(16)8-15-13(17)7-14(3,4)5/h6,12,16H,7-8H2,1-5H3,(H,15,17). The first-order chi connectivity index (χ1) is 8.19. The molecule has 102 valence electrons. The maximum absolute atomic E-state index is 11.6. The van der Waals surface area contributed by atoms with E-state index >= 15 is 0 Å². The summed E-state index contributed by atoms with van der Waals surface area (Å²) >= 11 is 0. The van der Waals surface area contributed by atoms with Crippen LogP contribution >= 0.6 is 0 Å². The molecule has 0 saturated heterocycles. The van der Waals surface area contributed by atoms with E-state index in [0.717, 1.165) is 11.3 Å². The van der Waals surface area contributed by atoms with Crippen molar-refractivity contribution in [1.82, 2.24) is 5.32 Å². The molecule has 0 radical (unpaired) electrons. The van der Waals surface area contributed by atoms with Crippen LogP contribution in [0.3, 0.4) is 0 Å². The van der Waals surface area contributed by atoms with Crippen LogP contribution in [0.15, 0.2) is 10.5 Å².